The van der Waals surface area contributed by atoms with Crippen LogP contribution in [-0.2, 0) is 10.8 Å². The van der Waals surface area contributed by atoms with Crippen LogP contribution >= 0.6 is 11.5 Å². The third-order valence-electron chi connectivity index (χ3n) is 13.9. The van der Waals surface area contributed by atoms with E-state index in [2.05, 4.69) is 207 Å². The maximum Gasteiger partial charge on any atom is 0.174 e. The van der Waals surface area contributed by atoms with Gasteiger partial charge in [-0.1, -0.05) is 149 Å². The molecular formula is C56H40N4S. The monoisotopic (exact) mass is 800 g/mol. The summed E-state index contributed by atoms with van der Waals surface area (Å²) in [5, 5.41) is 5.68. The van der Waals surface area contributed by atoms with E-state index in [0.717, 1.165) is 38.7 Å². The van der Waals surface area contributed by atoms with Crippen molar-refractivity contribution in [1.29, 1.82) is 0 Å². The molecule has 0 saturated carbocycles. The summed E-state index contributed by atoms with van der Waals surface area (Å²) in [5.74, 6) is 0.750. The second-order valence-electron chi connectivity index (χ2n) is 17.8. The summed E-state index contributed by atoms with van der Waals surface area (Å²) in [7, 11) is 0. The topological polar surface area (TPSA) is 35.6 Å². The molecule has 0 atom stereocenters. The molecule has 0 fully saturated rings. The highest BCUT2D eigenvalue weighted by Crippen LogP contribution is 2.51. The molecule has 2 aliphatic rings. The number of benzene rings is 8. The van der Waals surface area contributed by atoms with E-state index < -0.39 is 0 Å². The van der Waals surface area contributed by atoms with Crippen molar-refractivity contribution in [2.45, 2.75) is 38.5 Å². The minimum atomic E-state index is -0.0907. The fourth-order valence-electron chi connectivity index (χ4n) is 11.1. The van der Waals surface area contributed by atoms with Gasteiger partial charge in [-0.3, -0.25) is 0 Å². The summed E-state index contributed by atoms with van der Waals surface area (Å²) in [6, 6.07) is 62.5. The first-order valence-electron chi connectivity index (χ1n) is 21.2. The summed E-state index contributed by atoms with van der Waals surface area (Å²) < 4.78 is 9.99. The lowest BCUT2D eigenvalue weighted by atomic mass is 9.82. The van der Waals surface area contributed by atoms with E-state index in [0.29, 0.717) is 0 Å². The van der Waals surface area contributed by atoms with Crippen LogP contribution < -0.4 is 0 Å². The van der Waals surface area contributed by atoms with Gasteiger partial charge in [0, 0.05) is 54.9 Å². The average molecular weight is 801 g/mol. The van der Waals surface area contributed by atoms with Gasteiger partial charge in [-0.2, -0.15) is 4.37 Å². The number of fused-ring (bicyclic) bond motifs is 12. The van der Waals surface area contributed by atoms with Crippen molar-refractivity contribution in [3.63, 3.8) is 0 Å². The highest BCUT2D eigenvalue weighted by molar-refractivity contribution is 7.09. The highest BCUT2D eigenvalue weighted by atomic mass is 32.1. The Balaban J connectivity index is 0.958. The second-order valence-corrected chi connectivity index (χ2v) is 18.6. The molecule has 4 nitrogen and oxygen atoms in total. The van der Waals surface area contributed by atoms with E-state index in [1.54, 1.807) is 0 Å². The maximum absolute atomic E-state index is 5.40. The minimum Gasteiger partial charge on any atom is -0.309 e. The van der Waals surface area contributed by atoms with Gasteiger partial charge < -0.3 is 9.13 Å². The van der Waals surface area contributed by atoms with Crippen LogP contribution in [0, 0.1) is 0 Å². The first-order valence-corrected chi connectivity index (χ1v) is 21.9. The molecule has 290 valence electrons. The molecule has 2 aliphatic carbocycles. The Hall–Kier alpha value is -7.08. The molecule has 61 heavy (non-hydrogen) atoms. The van der Waals surface area contributed by atoms with Gasteiger partial charge in [0.2, 0.25) is 0 Å². The zero-order valence-corrected chi connectivity index (χ0v) is 35.2. The van der Waals surface area contributed by atoms with Crippen LogP contribution in [-0.4, -0.2) is 18.5 Å². The molecule has 8 aromatic carbocycles. The van der Waals surface area contributed by atoms with Gasteiger partial charge in [0.25, 0.3) is 0 Å². The Kier molecular flexibility index (Phi) is 6.98. The Morgan fingerprint density at radius 3 is 1.38 bits per heavy atom. The quantitative estimate of drug-likeness (QED) is 0.178. The third kappa shape index (κ3) is 4.64. The van der Waals surface area contributed by atoms with Gasteiger partial charge >= 0.3 is 0 Å². The molecule has 0 N–H and O–H groups in total. The van der Waals surface area contributed by atoms with Crippen LogP contribution in [0.5, 0.6) is 0 Å². The van der Waals surface area contributed by atoms with E-state index in [-0.39, 0.29) is 10.8 Å². The fourth-order valence-corrected chi connectivity index (χ4v) is 11.8. The largest absolute Gasteiger partial charge is 0.309 e. The van der Waals surface area contributed by atoms with Gasteiger partial charge in [0.1, 0.15) is 5.01 Å². The molecule has 5 heteroatoms. The van der Waals surface area contributed by atoms with Crippen LogP contribution in [0.15, 0.2) is 170 Å². The first-order chi connectivity index (χ1) is 29.8. The summed E-state index contributed by atoms with van der Waals surface area (Å²) in [6.07, 6.45) is 0. The number of aromatic nitrogens is 4. The zero-order chi connectivity index (χ0) is 40.8. The summed E-state index contributed by atoms with van der Waals surface area (Å²) in [5.41, 5.74) is 19.8. The van der Waals surface area contributed by atoms with Gasteiger partial charge in [-0.05, 0) is 105 Å². The first kappa shape index (κ1) is 34.8. The second kappa shape index (κ2) is 12.2. The standard InChI is InChI=1S/C56H40N4S/c1-55(2)43-21-9-5-15-35(43)37-29-27-33(31-45(37)55)59-47-23-11-7-17-39(47)51-41(19-13-25-49(51)59)53-57-54(61-58-53)42-20-14-26-50-52(42)40-18-8-12-24-48(40)60(50)34-28-30-38-36-16-6-10-22-44(36)56(3,4)46(38)32-34/h5-32H,1-4H3. The molecule has 0 radical (unpaired) electrons. The van der Waals surface area contributed by atoms with Crippen molar-refractivity contribution >= 4 is 55.1 Å². The molecular weight excluding hydrogens is 761 g/mol. The van der Waals surface area contributed by atoms with Crippen molar-refractivity contribution < 1.29 is 0 Å². The lowest BCUT2D eigenvalue weighted by Crippen LogP contribution is -2.15. The number of rotatable bonds is 4. The van der Waals surface area contributed by atoms with Crippen LogP contribution in [0.2, 0.25) is 0 Å². The van der Waals surface area contributed by atoms with Gasteiger partial charge in [0.15, 0.2) is 5.82 Å². The third-order valence-corrected chi connectivity index (χ3v) is 14.7. The van der Waals surface area contributed by atoms with E-state index >= 15 is 0 Å². The Morgan fingerprint density at radius 2 is 0.820 bits per heavy atom. The Morgan fingerprint density at radius 1 is 0.393 bits per heavy atom. The lowest BCUT2D eigenvalue weighted by Gasteiger charge is -2.22. The summed E-state index contributed by atoms with van der Waals surface area (Å²) in [4.78, 5) is 5.40. The number of hydrogen-bond donors (Lipinski definition) is 0. The molecule has 3 heterocycles. The zero-order valence-electron chi connectivity index (χ0n) is 34.4. The molecule has 3 aromatic heterocycles. The van der Waals surface area contributed by atoms with Crippen molar-refractivity contribution in [2.24, 2.45) is 0 Å². The van der Waals surface area contributed by atoms with E-state index in [1.165, 1.54) is 94.3 Å². The fraction of sp³-hybridized carbons (Fsp3) is 0.107. The van der Waals surface area contributed by atoms with Gasteiger partial charge in [-0.15, -0.1) is 0 Å². The van der Waals surface area contributed by atoms with Crippen LogP contribution in [0.1, 0.15) is 49.9 Å². The molecule has 0 saturated heterocycles. The average Bonchev–Trinajstić information content (AvgIpc) is 4.09. The molecule has 0 unspecified atom stereocenters. The highest BCUT2D eigenvalue weighted by Gasteiger charge is 2.37. The van der Waals surface area contributed by atoms with Crippen LogP contribution in [0.3, 0.4) is 0 Å². The summed E-state index contributed by atoms with van der Waals surface area (Å²) >= 11 is 1.48. The van der Waals surface area contributed by atoms with E-state index in [9.17, 15) is 0 Å². The van der Waals surface area contributed by atoms with Crippen molar-refractivity contribution in [1.82, 2.24) is 18.5 Å². The number of nitrogens with zero attached hydrogens (tertiary/aromatic N) is 4. The SMILES string of the molecule is CC1(C)c2ccccc2-c2ccc(-n3c4ccccc4c4c(-c5nsc(-c6cccc7c6c6ccccc6n7-c6ccc7c(c6)C(C)(C)c6ccccc6-7)n5)cccc43)cc21. The van der Waals surface area contributed by atoms with Gasteiger partial charge in [-0.25, -0.2) is 4.98 Å². The predicted molar refractivity (Wildman–Crippen MR) is 255 cm³/mol. The molecule has 0 aliphatic heterocycles. The predicted octanol–water partition coefficient (Wildman–Crippen LogP) is 14.7. The minimum absolute atomic E-state index is 0.0887. The molecule has 0 bridgehead atoms. The smallest absolute Gasteiger partial charge is 0.174 e. The molecule has 0 spiro atoms. The molecule has 13 rings (SSSR count). The Bertz CT molecular complexity index is 3430. The molecule has 11 aromatic rings. The van der Waals surface area contributed by atoms with E-state index in [4.69, 9.17) is 9.36 Å². The lowest BCUT2D eigenvalue weighted by molar-refractivity contribution is 0.660. The summed E-state index contributed by atoms with van der Waals surface area (Å²) in [6.45, 7) is 9.40. The van der Waals surface area contributed by atoms with Gasteiger partial charge in [0.05, 0.1) is 22.1 Å². The van der Waals surface area contributed by atoms with Crippen molar-refractivity contribution in [2.75, 3.05) is 0 Å². The van der Waals surface area contributed by atoms with Crippen LogP contribution in [0.25, 0.3) is 99.2 Å². The molecule has 0 amide bonds. The maximum atomic E-state index is 5.40. The Labute approximate surface area is 358 Å². The number of para-hydroxylation sites is 2. The van der Waals surface area contributed by atoms with E-state index in [1.807, 2.05) is 0 Å². The normalized spacial score (nSPS) is 14.5. The van der Waals surface area contributed by atoms with Crippen LogP contribution in [0.4, 0.5) is 0 Å². The van der Waals surface area contributed by atoms with Crippen molar-refractivity contribution in [3.05, 3.63) is 192 Å². The van der Waals surface area contributed by atoms with Crippen molar-refractivity contribution in [3.8, 4) is 55.6 Å². The number of hydrogen-bond acceptors (Lipinski definition) is 3.